The van der Waals surface area contributed by atoms with Crippen LogP contribution < -0.4 is 0 Å². The maximum atomic E-state index is 10.4. The Balaban J connectivity index is 2.83. The molecule has 1 aliphatic rings. The zero-order valence-electron chi connectivity index (χ0n) is 15.4. The molecule has 0 saturated heterocycles. The van der Waals surface area contributed by atoms with Gasteiger partial charge in [0, 0.05) is 19.8 Å². The van der Waals surface area contributed by atoms with E-state index < -0.39 is 36.6 Å². The van der Waals surface area contributed by atoms with E-state index in [1.165, 1.54) is 0 Å². The fourth-order valence-corrected chi connectivity index (χ4v) is 2.83. The topological polar surface area (TPSA) is 88.4 Å². The summed E-state index contributed by atoms with van der Waals surface area (Å²) in [5.41, 5.74) is 0. The van der Waals surface area contributed by atoms with Crippen LogP contribution in [0.25, 0.3) is 0 Å². The lowest BCUT2D eigenvalue weighted by Gasteiger charge is -2.45. The number of unbranched alkanes of at least 4 members (excludes halogenated alkanes) is 3. The van der Waals surface area contributed by atoms with E-state index in [0.717, 1.165) is 38.5 Å². The normalized spacial score (nSPS) is 33.8. The van der Waals surface area contributed by atoms with Crippen LogP contribution in [0.15, 0.2) is 0 Å². The first-order valence-electron chi connectivity index (χ1n) is 9.47. The van der Waals surface area contributed by atoms with Crippen molar-refractivity contribution >= 4 is 0 Å². The van der Waals surface area contributed by atoms with Crippen LogP contribution in [0.2, 0.25) is 0 Å². The Morgan fingerprint density at radius 1 is 0.542 bits per heavy atom. The molecule has 0 aromatic rings. The van der Waals surface area contributed by atoms with Crippen LogP contribution in [0.3, 0.4) is 0 Å². The molecule has 0 bridgehead atoms. The smallest absolute Gasteiger partial charge is 0.115 e. The molecule has 0 spiro atoms. The molecule has 0 heterocycles. The summed E-state index contributed by atoms with van der Waals surface area (Å²) in [6.07, 6.45) is -0.0839. The number of hydrogen-bond donors (Lipinski definition) is 3. The van der Waals surface area contributed by atoms with Gasteiger partial charge in [0.1, 0.15) is 36.6 Å². The Morgan fingerprint density at radius 3 is 1.21 bits per heavy atom. The monoisotopic (exact) mass is 348 g/mol. The van der Waals surface area contributed by atoms with Crippen LogP contribution in [0.1, 0.15) is 59.3 Å². The molecule has 1 fully saturated rings. The lowest BCUT2D eigenvalue weighted by molar-refractivity contribution is -0.257. The lowest BCUT2D eigenvalue weighted by atomic mass is 9.84. The highest BCUT2D eigenvalue weighted by atomic mass is 16.6. The Bertz CT molecular complexity index is 290. The van der Waals surface area contributed by atoms with Gasteiger partial charge in [-0.05, 0) is 19.3 Å². The van der Waals surface area contributed by atoms with Crippen molar-refractivity contribution in [2.45, 2.75) is 95.9 Å². The van der Waals surface area contributed by atoms with Crippen molar-refractivity contribution in [1.82, 2.24) is 0 Å². The van der Waals surface area contributed by atoms with Gasteiger partial charge in [-0.1, -0.05) is 40.0 Å². The first kappa shape index (κ1) is 21.8. The summed E-state index contributed by atoms with van der Waals surface area (Å²) in [5, 5.41) is 30.9. The molecule has 0 radical (unpaired) electrons. The van der Waals surface area contributed by atoms with Gasteiger partial charge < -0.3 is 29.5 Å². The van der Waals surface area contributed by atoms with E-state index in [0.29, 0.717) is 19.8 Å². The van der Waals surface area contributed by atoms with Gasteiger partial charge in [-0.2, -0.15) is 0 Å². The number of aliphatic hydroxyl groups is 3. The molecule has 0 aromatic heterocycles. The zero-order chi connectivity index (χ0) is 17.9. The number of ether oxygens (including phenoxy) is 3. The second kappa shape index (κ2) is 12.2. The van der Waals surface area contributed by atoms with Crippen molar-refractivity contribution in [2.75, 3.05) is 19.8 Å². The largest absolute Gasteiger partial charge is 0.387 e. The Morgan fingerprint density at radius 2 is 0.875 bits per heavy atom. The van der Waals surface area contributed by atoms with E-state index in [4.69, 9.17) is 14.2 Å². The van der Waals surface area contributed by atoms with Gasteiger partial charge in [0.15, 0.2) is 0 Å². The first-order valence-corrected chi connectivity index (χ1v) is 9.47. The van der Waals surface area contributed by atoms with Gasteiger partial charge in [0.2, 0.25) is 0 Å². The van der Waals surface area contributed by atoms with E-state index in [1.54, 1.807) is 0 Å². The van der Waals surface area contributed by atoms with Crippen LogP contribution >= 0.6 is 0 Å². The molecular weight excluding hydrogens is 312 g/mol. The van der Waals surface area contributed by atoms with Crippen molar-refractivity contribution in [3.05, 3.63) is 0 Å². The maximum Gasteiger partial charge on any atom is 0.115 e. The molecule has 6 nitrogen and oxygen atoms in total. The lowest BCUT2D eigenvalue weighted by Crippen LogP contribution is -2.65. The summed E-state index contributed by atoms with van der Waals surface area (Å²) in [6.45, 7) is 7.67. The fraction of sp³-hybridized carbons (Fsp3) is 1.00. The third-order valence-corrected chi connectivity index (χ3v) is 4.45. The average Bonchev–Trinajstić information content (AvgIpc) is 2.58. The summed E-state index contributed by atoms with van der Waals surface area (Å²) in [4.78, 5) is 0. The van der Waals surface area contributed by atoms with Crippen LogP contribution in [0.5, 0.6) is 0 Å². The van der Waals surface area contributed by atoms with Crippen molar-refractivity contribution < 1.29 is 29.5 Å². The molecule has 0 aromatic carbocycles. The minimum absolute atomic E-state index is 0.482. The first-order chi connectivity index (χ1) is 11.6. The Hall–Kier alpha value is -0.240. The predicted molar refractivity (Wildman–Crippen MR) is 92.0 cm³/mol. The van der Waals surface area contributed by atoms with Gasteiger partial charge in [0.05, 0.1) is 0 Å². The average molecular weight is 348 g/mol. The van der Waals surface area contributed by atoms with Crippen LogP contribution in [-0.4, -0.2) is 71.8 Å². The summed E-state index contributed by atoms with van der Waals surface area (Å²) in [6, 6.07) is 0. The zero-order valence-corrected chi connectivity index (χ0v) is 15.4. The predicted octanol–water partition coefficient (Wildman–Crippen LogP) is 1.64. The van der Waals surface area contributed by atoms with E-state index in [-0.39, 0.29) is 0 Å². The van der Waals surface area contributed by atoms with Gasteiger partial charge in [-0.15, -0.1) is 0 Å². The highest BCUT2D eigenvalue weighted by molar-refractivity contribution is 5.01. The molecule has 3 N–H and O–H groups in total. The van der Waals surface area contributed by atoms with Gasteiger partial charge in [0.25, 0.3) is 0 Å². The summed E-state index contributed by atoms with van der Waals surface area (Å²) in [5.74, 6) is 0. The minimum atomic E-state index is -1.30. The molecule has 24 heavy (non-hydrogen) atoms. The van der Waals surface area contributed by atoms with Crippen molar-refractivity contribution in [3.8, 4) is 0 Å². The van der Waals surface area contributed by atoms with Crippen molar-refractivity contribution in [3.63, 3.8) is 0 Å². The van der Waals surface area contributed by atoms with Gasteiger partial charge in [-0.3, -0.25) is 0 Å². The van der Waals surface area contributed by atoms with Crippen molar-refractivity contribution in [2.24, 2.45) is 0 Å². The second-order valence-electron chi connectivity index (χ2n) is 6.54. The Labute approximate surface area is 146 Å². The quantitative estimate of drug-likeness (QED) is 0.465. The number of aliphatic hydroxyl groups excluding tert-OH is 3. The van der Waals surface area contributed by atoms with E-state index in [1.807, 2.05) is 0 Å². The van der Waals surface area contributed by atoms with Gasteiger partial charge >= 0.3 is 0 Å². The summed E-state index contributed by atoms with van der Waals surface area (Å²) < 4.78 is 17.5. The molecule has 1 saturated carbocycles. The number of hydrogen-bond acceptors (Lipinski definition) is 6. The van der Waals surface area contributed by atoms with Crippen molar-refractivity contribution in [1.29, 1.82) is 0 Å². The molecule has 1 rings (SSSR count). The summed E-state index contributed by atoms with van der Waals surface area (Å²) >= 11 is 0. The molecule has 0 amide bonds. The molecule has 0 aliphatic heterocycles. The maximum absolute atomic E-state index is 10.4. The third kappa shape index (κ3) is 6.24. The summed E-state index contributed by atoms with van der Waals surface area (Å²) in [7, 11) is 0. The Kier molecular flexibility index (Phi) is 11.1. The molecule has 6 heteroatoms. The molecule has 3 unspecified atom stereocenters. The highest BCUT2D eigenvalue weighted by Crippen LogP contribution is 2.29. The molecule has 6 atom stereocenters. The number of rotatable bonds is 12. The van der Waals surface area contributed by atoms with Gasteiger partial charge in [-0.25, -0.2) is 0 Å². The van der Waals surface area contributed by atoms with Crippen LogP contribution in [0.4, 0.5) is 0 Å². The third-order valence-electron chi connectivity index (χ3n) is 4.45. The molecule has 1 aliphatic carbocycles. The van der Waals surface area contributed by atoms with E-state index in [9.17, 15) is 15.3 Å². The van der Waals surface area contributed by atoms with Crippen LogP contribution in [0, 0.1) is 0 Å². The highest BCUT2D eigenvalue weighted by Gasteiger charge is 2.51. The standard InChI is InChI=1S/C18H36O6/c1-4-7-10-22-16-14(20)13(19)15(21)17(23-11-8-5-2)18(16)24-12-9-6-3/h13-21H,4-12H2,1-3H3/t13-,14?,15?,16+,17?,18-/m1/s1. The molecular formula is C18H36O6. The second-order valence-corrected chi connectivity index (χ2v) is 6.54. The fourth-order valence-electron chi connectivity index (χ4n) is 2.83. The SMILES string of the molecule is CCCCOC1C(O)[C@H](O)C(O)[C@H](OCCCC)[C@H]1OCCCC. The van der Waals surface area contributed by atoms with Crippen LogP contribution in [-0.2, 0) is 14.2 Å². The van der Waals surface area contributed by atoms with E-state index >= 15 is 0 Å². The minimum Gasteiger partial charge on any atom is -0.387 e. The molecule has 144 valence electrons. The van der Waals surface area contributed by atoms with E-state index in [2.05, 4.69) is 20.8 Å².